The van der Waals surface area contributed by atoms with E-state index in [1.807, 2.05) is 19.9 Å². The fourth-order valence-electron chi connectivity index (χ4n) is 3.82. The van der Waals surface area contributed by atoms with Crippen molar-refractivity contribution in [2.45, 2.75) is 71.9 Å². The van der Waals surface area contributed by atoms with Gasteiger partial charge >= 0.3 is 6.03 Å². The highest BCUT2D eigenvalue weighted by Crippen LogP contribution is 2.38. The summed E-state index contributed by atoms with van der Waals surface area (Å²) in [7, 11) is 0. The number of amides is 3. The molecule has 6 heteroatoms. The van der Waals surface area contributed by atoms with Gasteiger partial charge in [0.05, 0.1) is 6.54 Å². The van der Waals surface area contributed by atoms with E-state index in [9.17, 15) is 14.4 Å². The smallest absolute Gasteiger partial charge is 0.325 e. The van der Waals surface area contributed by atoms with Crippen LogP contribution < -0.4 is 5.32 Å². The maximum absolute atomic E-state index is 12.8. The Morgan fingerprint density at radius 3 is 2.54 bits per heavy atom. The molecule has 0 radical (unpaired) electrons. The van der Waals surface area contributed by atoms with Gasteiger partial charge in [0.2, 0.25) is 0 Å². The second-order valence-corrected chi connectivity index (χ2v) is 8.40. The van der Waals surface area contributed by atoms with E-state index >= 15 is 0 Å². The van der Waals surface area contributed by atoms with Gasteiger partial charge in [-0.15, -0.1) is 0 Å². The van der Waals surface area contributed by atoms with Crippen LogP contribution in [0.15, 0.2) is 6.07 Å². The first-order chi connectivity index (χ1) is 12.1. The van der Waals surface area contributed by atoms with Crippen LogP contribution in [0.1, 0.15) is 74.2 Å². The van der Waals surface area contributed by atoms with Crippen LogP contribution in [-0.2, 0) is 4.79 Å². The third-order valence-electron chi connectivity index (χ3n) is 5.57. The average molecular weight is 359 g/mol. The molecule has 3 amide bonds. The first-order valence-electron chi connectivity index (χ1n) is 9.50. The summed E-state index contributed by atoms with van der Waals surface area (Å²) in [6.07, 6.45) is 3.71. The minimum atomic E-state index is -0.910. The number of hydrogen-bond donors (Lipinski definition) is 1. The number of imide groups is 1. The Kier molecular flexibility index (Phi) is 4.71. The van der Waals surface area contributed by atoms with Crippen molar-refractivity contribution in [3.05, 3.63) is 23.0 Å². The van der Waals surface area contributed by atoms with Crippen LogP contribution in [0, 0.1) is 19.8 Å². The van der Waals surface area contributed by atoms with Crippen LogP contribution in [0.4, 0.5) is 4.79 Å². The molecule has 0 unspecified atom stereocenters. The zero-order valence-electron chi connectivity index (χ0n) is 16.4. The summed E-state index contributed by atoms with van der Waals surface area (Å²) in [5.74, 6) is -0.0332. The molecule has 1 saturated carbocycles. The van der Waals surface area contributed by atoms with Crippen LogP contribution in [0.2, 0.25) is 0 Å². The highest BCUT2D eigenvalue weighted by molar-refractivity contribution is 6.11. The molecule has 0 bridgehead atoms. The van der Waals surface area contributed by atoms with Crippen LogP contribution >= 0.6 is 0 Å². The minimum absolute atomic E-state index is 0.179. The molecular formula is C20H29N3O3. The molecule has 2 aliphatic rings. The molecule has 1 N–H and O–H groups in total. The minimum Gasteiger partial charge on any atom is -0.345 e. The molecule has 142 valence electrons. The number of aromatic nitrogens is 1. The van der Waals surface area contributed by atoms with Crippen molar-refractivity contribution in [2.24, 2.45) is 5.92 Å². The predicted octanol–water partition coefficient (Wildman–Crippen LogP) is 3.37. The van der Waals surface area contributed by atoms with E-state index in [1.54, 1.807) is 6.92 Å². The van der Waals surface area contributed by atoms with Gasteiger partial charge in [0.1, 0.15) is 5.54 Å². The van der Waals surface area contributed by atoms with Gasteiger partial charge in [-0.1, -0.05) is 13.8 Å². The van der Waals surface area contributed by atoms with E-state index in [0.29, 0.717) is 23.9 Å². The second kappa shape index (κ2) is 6.56. The van der Waals surface area contributed by atoms with Gasteiger partial charge < -0.3 is 9.88 Å². The molecule has 1 aromatic heterocycles. The normalized spacial score (nSPS) is 23.1. The lowest BCUT2D eigenvalue weighted by Gasteiger charge is -2.22. The molecule has 2 heterocycles. The molecule has 0 spiro atoms. The Hall–Kier alpha value is -2.11. The molecule has 0 aromatic carbocycles. The van der Waals surface area contributed by atoms with Crippen molar-refractivity contribution in [3.8, 4) is 0 Å². The number of aryl methyl sites for hydroxylation is 1. The van der Waals surface area contributed by atoms with E-state index in [0.717, 1.165) is 35.6 Å². The maximum Gasteiger partial charge on any atom is 0.325 e. The molecule has 3 rings (SSSR count). The molecular weight excluding hydrogens is 330 g/mol. The summed E-state index contributed by atoms with van der Waals surface area (Å²) >= 11 is 0. The fourth-order valence-corrected chi connectivity index (χ4v) is 3.82. The molecule has 2 fully saturated rings. The van der Waals surface area contributed by atoms with Gasteiger partial charge in [-0.2, -0.15) is 0 Å². The first-order valence-corrected chi connectivity index (χ1v) is 9.50. The number of carbonyl (C=O) groups is 3. The van der Waals surface area contributed by atoms with Crippen molar-refractivity contribution in [1.29, 1.82) is 0 Å². The monoisotopic (exact) mass is 359 g/mol. The Bertz CT molecular complexity index is 761. The number of ketones is 1. The number of hydrogen-bond acceptors (Lipinski definition) is 3. The number of Topliss-reactive ketones (excluding diaryl/α,β-unsaturated/α-hetero) is 1. The van der Waals surface area contributed by atoms with Crippen molar-refractivity contribution in [3.63, 3.8) is 0 Å². The summed E-state index contributed by atoms with van der Waals surface area (Å²) < 4.78 is 2.20. The molecule has 26 heavy (non-hydrogen) atoms. The van der Waals surface area contributed by atoms with E-state index in [4.69, 9.17) is 0 Å². The second-order valence-electron chi connectivity index (χ2n) is 8.40. The van der Waals surface area contributed by atoms with Gasteiger partial charge in [0.25, 0.3) is 5.91 Å². The highest BCUT2D eigenvalue weighted by Gasteiger charge is 2.48. The third kappa shape index (κ3) is 3.29. The summed E-state index contributed by atoms with van der Waals surface area (Å²) in [6.45, 7) is 9.66. The molecule has 1 aromatic rings. The Morgan fingerprint density at radius 1 is 1.31 bits per heavy atom. The lowest BCUT2D eigenvalue weighted by molar-refractivity contribution is -0.130. The van der Waals surface area contributed by atoms with E-state index < -0.39 is 11.6 Å². The molecule has 1 aliphatic heterocycles. The molecule has 1 aliphatic carbocycles. The number of nitrogens with zero attached hydrogens (tertiary/aromatic N) is 2. The van der Waals surface area contributed by atoms with Crippen LogP contribution in [-0.4, -0.2) is 39.3 Å². The van der Waals surface area contributed by atoms with Crippen LogP contribution in [0.25, 0.3) is 0 Å². The van der Waals surface area contributed by atoms with E-state index in [2.05, 4.69) is 23.7 Å². The van der Waals surface area contributed by atoms with Gasteiger partial charge in [0.15, 0.2) is 5.78 Å². The first kappa shape index (κ1) is 18.7. The summed E-state index contributed by atoms with van der Waals surface area (Å²) in [4.78, 5) is 39.0. The SMILES string of the molecule is Cc1cc(C(=O)CN2C(=O)N[C@](C)(CCC(C)C)C2=O)c(C)n1C1CC1. The van der Waals surface area contributed by atoms with Crippen LogP contribution in [0.3, 0.4) is 0 Å². The number of urea groups is 1. The van der Waals surface area contributed by atoms with Gasteiger partial charge in [-0.05, 0) is 58.4 Å². The predicted molar refractivity (Wildman–Crippen MR) is 99.2 cm³/mol. The lowest BCUT2D eigenvalue weighted by atomic mass is 9.92. The molecule has 1 atom stereocenters. The Balaban J connectivity index is 1.74. The largest absolute Gasteiger partial charge is 0.345 e. The zero-order valence-corrected chi connectivity index (χ0v) is 16.4. The Morgan fingerprint density at radius 2 is 1.96 bits per heavy atom. The van der Waals surface area contributed by atoms with E-state index in [1.165, 1.54) is 0 Å². The quantitative estimate of drug-likeness (QED) is 0.599. The standard InChI is InChI=1S/C20H29N3O3/c1-12(2)8-9-20(5)18(25)22(19(26)21-20)11-17(24)16-10-13(3)23(14(16)4)15-6-7-15/h10,12,15H,6-9,11H2,1-5H3,(H,21,26)/t20-/m1/s1. The third-order valence-corrected chi connectivity index (χ3v) is 5.57. The van der Waals surface area contributed by atoms with Crippen molar-refractivity contribution < 1.29 is 14.4 Å². The summed E-state index contributed by atoms with van der Waals surface area (Å²) in [5.41, 5.74) is 1.70. The Labute approximate surface area is 154 Å². The average Bonchev–Trinajstić information content (AvgIpc) is 3.31. The maximum atomic E-state index is 12.8. The van der Waals surface area contributed by atoms with Gasteiger partial charge in [-0.25, -0.2) is 4.79 Å². The topological polar surface area (TPSA) is 71.4 Å². The number of nitrogens with one attached hydrogen (secondary N) is 1. The summed E-state index contributed by atoms with van der Waals surface area (Å²) in [5, 5.41) is 2.78. The molecule has 1 saturated heterocycles. The molecule has 6 nitrogen and oxygen atoms in total. The zero-order chi connectivity index (χ0) is 19.2. The van der Waals surface area contributed by atoms with Gasteiger partial charge in [-0.3, -0.25) is 14.5 Å². The fraction of sp³-hybridized carbons (Fsp3) is 0.650. The van der Waals surface area contributed by atoms with Crippen molar-refractivity contribution in [2.75, 3.05) is 6.54 Å². The van der Waals surface area contributed by atoms with Gasteiger partial charge in [0, 0.05) is 23.0 Å². The summed E-state index contributed by atoms with van der Waals surface area (Å²) in [6, 6.07) is 1.91. The van der Waals surface area contributed by atoms with Crippen molar-refractivity contribution in [1.82, 2.24) is 14.8 Å². The number of carbonyl (C=O) groups excluding carboxylic acids is 3. The van der Waals surface area contributed by atoms with E-state index in [-0.39, 0.29) is 18.2 Å². The highest BCUT2D eigenvalue weighted by atomic mass is 16.2. The van der Waals surface area contributed by atoms with Crippen molar-refractivity contribution >= 4 is 17.7 Å². The number of rotatable bonds is 7. The lowest BCUT2D eigenvalue weighted by Crippen LogP contribution is -2.44. The van der Waals surface area contributed by atoms with Crippen LogP contribution in [0.5, 0.6) is 0 Å².